The molecule has 1 radical (unpaired) electrons. The molecule has 4 heteroatoms. The van der Waals surface area contributed by atoms with E-state index in [9.17, 15) is 0 Å². The molecule has 1 aromatic heterocycles. The number of fused-ring (bicyclic) bond motifs is 3. The fourth-order valence-corrected chi connectivity index (χ4v) is 7.39. The number of rotatable bonds is 6. The molecule has 55 heavy (non-hydrogen) atoms. The van der Waals surface area contributed by atoms with Crippen LogP contribution in [0.4, 0.5) is 11.4 Å². The van der Waals surface area contributed by atoms with Crippen molar-refractivity contribution < 1.29 is 22.4 Å². The number of aromatic nitrogens is 1. The fourth-order valence-electron chi connectivity index (χ4n) is 7.39. The molecule has 2 heterocycles. The van der Waals surface area contributed by atoms with Crippen LogP contribution >= 0.6 is 0 Å². The second-order valence-corrected chi connectivity index (χ2v) is 13.2. The summed E-state index contributed by atoms with van der Waals surface area (Å²) in [5.74, 6) is 0. The normalized spacial score (nSPS) is 12.0. The summed E-state index contributed by atoms with van der Waals surface area (Å²) in [6.07, 6.45) is 4.34. The van der Waals surface area contributed by atoms with Gasteiger partial charge in [0, 0.05) is 56.0 Å². The van der Waals surface area contributed by atoms with Crippen molar-refractivity contribution in [3.05, 3.63) is 225 Å². The van der Waals surface area contributed by atoms with Crippen LogP contribution in [0.25, 0.3) is 66.3 Å². The second kappa shape index (κ2) is 16.3. The number of benzene rings is 8. The van der Waals surface area contributed by atoms with Gasteiger partial charge in [0.15, 0.2) is 0 Å². The van der Waals surface area contributed by atoms with Gasteiger partial charge in [0.25, 0.3) is 0 Å². The van der Waals surface area contributed by atoms with E-state index < -0.39 is 0 Å². The Bertz CT molecular complexity index is 2390. The molecule has 0 atom stereocenters. The quantitative estimate of drug-likeness (QED) is 0.123. The Labute approximate surface area is 338 Å². The summed E-state index contributed by atoms with van der Waals surface area (Å²) in [5, 5.41) is 2.50. The SMILES string of the molecule is C1=CN(c2c(-c3ccccc3)cccc2-c2ccccc2)[CH-]N1c1c(-c2ccccc2)cccc1-c1ccccc1.[Au].c1ccc2c(c1)[n-]c1ccccc12. The monoisotopic (exact) mass is 888 g/mol. The molecule has 0 unspecified atom stereocenters. The fraction of sp³-hybridized carbons (Fsp3) is 0. The van der Waals surface area contributed by atoms with Gasteiger partial charge >= 0.3 is 0 Å². The van der Waals surface area contributed by atoms with Crippen LogP contribution in [0.3, 0.4) is 0 Å². The van der Waals surface area contributed by atoms with Gasteiger partial charge in [-0.15, -0.1) is 17.7 Å². The number of nitrogens with zero attached hydrogens (tertiary/aromatic N) is 3. The maximum atomic E-state index is 4.52. The summed E-state index contributed by atoms with van der Waals surface area (Å²) in [5.41, 5.74) is 14.0. The molecule has 1 aliphatic heterocycles. The van der Waals surface area contributed by atoms with Crippen LogP contribution in [0.1, 0.15) is 0 Å². The molecule has 10 rings (SSSR count). The van der Waals surface area contributed by atoms with E-state index >= 15 is 0 Å². The van der Waals surface area contributed by atoms with Gasteiger partial charge in [-0.05, 0) is 45.4 Å². The van der Waals surface area contributed by atoms with E-state index in [4.69, 9.17) is 0 Å². The average Bonchev–Trinajstić information content (AvgIpc) is 3.90. The molecule has 0 N–H and O–H groups in total. The van der Waals surface area contributed by atoms with Crippen molar-refractivity contribution >= 4 is 33.2 Å². The maximum Gasteiger partial charge on any atom is 0.0284 e. The Morgan fingerprint density at radius 2 is 0.600 bits per heavy atom. The third-order valence-corrected chi connectivity index (χ3v) is 9.90. The van der Waals surface area contributed by atoms with E-state index in [2.05, 4.69) is 228 Å². The van der Waals surface area contributed by atoms with Crippen LogP contribution in [0.2, 0.25) is 0 Å². The predicted octanol–water partition coefficient (Wildman–Crippen LogP) is 13.2. The Balaban J connectivity index is 0.000000256. The van der Waals surface area contributed by atoms with E-state index in [0.29, 0.717) is 0 Å². The van der Waals surface area contributed by atoms with E-state index in [1.54, 1.807) is 0 Å². The van der Waals surface area contributed by atoms with Gasteiger partial charge in [-0.2, -0.15) is 0 Å². The Morgan fingerprint density at radius 1 is 0.309 bits per heavy atom. The maximum absolute atomic E-state index is 4.52. The van der Waals surface area contributed by atoms with Gasteiger partial charge < -0.3 is 14.8 Å². The topological polar surface area (TPSA) is 20.6 Å². The van der Waals surface area contributed by atoms with Crippen LogP contribution < -0.4 is 14.8 Å². The van der Waals surface area contributed by atoms with Crippen molar-refractivity contribution in [3.8, 4) is 44.5 Å². The van der Waals surface area contributed by atoms with Crippen LogP contribution in [-0.2, 0) is 22.4 Å². The zero-order chi connectivity index (χ0) is 36.1. The predicted molar refractivity (Wildman–Crippen MR) is 228 cm³/mol. The standard InChI is InChI=1S/C39H29N2.C12H8N.Au/c1-5-15-30(16-6-1)34-23-13-24-35(31-17-7-2-8-18-31)38(34)40-27-28-41(29-40)39-36(32-19-9-3-10-20-32)25-14-26-37(39)33-21-11-4-12-22-33;1-3-7-11-9(5-1)10-6-2-4-8-12(10)13-11;/h1-29H;1-8H;/q2*-1;. The molecule has 269 valence electrons. The zero-order valence-corrected chi connectivity index (χ0v) is 32.2. The molecule has 0 spiro atoms. The van der Waals surface area contributed by atoms with Crippen LogP contribution in [0.5, 0.6) is 0 Å². The molecule has 0 bridgehead atoms. The summed E-state index contributed by atoms with van der Waals surface area (Å²) in [7, 11) is 0. The zero-order valence-electron chi connectivity index (χ0n) is 30.0. The summed E-state index contributed by atoms with van der Waals surface area (Å²) in [6.45, 7) is 2.21. The first-order valence-electron chi connectivity index (χ1n) is 18.3. The van der Waals surface area contributed by atoms with Crippen LogP contribution in [0, 0.1) is 6.67 Å². The molecule has 8 aromatic carbocycles. The molecule has 0 fully saturated rings. The number of hydrogen-bond donors (Lipinski definition) is 0. The molecule has 0 aliphatic carbocycles. The van der Waals surface area contributed by atoms with Gasteiger partial charge in [0.05, 0.1) is 0 Å². The minimum atomic E-state index is 0. The summed E-state index contributed by atoms with van der Waals surface area (Å²) >= 11 is 0. The van der Waals surface area contributed by atoms with E-state index in [0.717, 1.165) is 22.4 Å². The van der Waals surface area contributed by atoms with Gasteiger partial charge in [-0.1, -0.05) is 206 Å². The van der Waals surface area contributed by atoms with Gasteiger partial charge in [0.1, 0.15) is 0 Å². The number of anilines is 2. The Kier molecular flexibility index (Phi) is 10.6. The van der Waals surface area contributed by atoms with Crippen molar-refractivity contribution in [1.29, 1.82) is 0 Å². The summed E-state index contributed by atoms with van der Waals surface area (Å²) in [6, 6.07) is 72.2. The molecule has 9 aromatic rings. The third-order valence-electron chi connectivity index (χ3n) is 9.90. The van der Waals surface area contributed by atoms with Crippen molar-refractivity contribution in [2.75, 3.05) is 9.80 Å². The van der Waals surface area contributed by atoms with Crippen molar-refractivity contribution in [3.63, 3.8) is 0 Å². The van der Waals surface area contributed by atoms with E-state index in [1.165, 1.54) is 55.3 Å². The summed E-state index contributed by atoms with van der Waals surface area (Å²) in [4.78, 5) is 9.05. The first kappa shape index (κ1) is 35.7. The Morgan fingerprint density at radius 3 is 0.927 bits per heavy atom. The summed E-state index contributed by atoms with van der Waals surface area (Å²) < 4.78 is 0. The molecule has 0 saturated carbocycles. The van der Waals surface area contributed by atoms with E-state index in [-0.39, 0.29) is 22.4 Å². The van der Waals surface area contributed by atoms with Gasteiger partial charge in [-0.3, -0.25) is 0 Å². The van der Waals surface area contributed by atoms with Gasteiger partial charge in [0.2, 0.25) is 0 Å². The molecule has 0 saturated heterocycles. The van der Waals surface area contributed by atoms with Crippen molar-refractivity contribution in [1.82, 2.24) is 4.98 Å². The molecule has 3 nitrogen and oxygen atoms in total. The molecule has 0 amide bonds. The van der Waals surface area contributed by atoms with Gasteiger partial charge in [-0.25, -0.2) is 0 Å². The number of hydrogen-bond acceptors (Lipinski definition) is 2. The molecule has 1 aliphatic rings. The van der Waals surface area contributed by atoms with Crippen molar-refractivity contribution in [2.45, 2.75) is 0 Å². The first-order chi connectivity index (χ1) is 26.8. The second-order valence-electron chi connectivity index (χ2n) is 13.2. The third kappa shape index (κ3) is 7.29. The van der Waals surface area contributed by atoms with Crippen LogP contribution in [0.15, 0.2) is 219 Å². The van der Waals surface area contributed by atoms with E-state index in [1.807, 2.05) is 12.1 Å². The minimum absolute atomic E-state index is 0. The molecular weight excluding hydrogens is 852 g/mol. The first-order valence-corrected chi connectivity index (χ1v) is 18.3. The minimum Gasteiger partial charge on any atom is -0.657 e. The van der Waals surface area contributed by atoms with Crippen LogP contribution in [-0.4, -0.2) is 0 Å². The Hall–Kier alpha value is -6.36. The van der Waals surface area contributed by atoms with Crippen molar-refractivity contribution in [2.24, 2.45) is 0 Å². The average molecular weight is 889 g/mol. The smallest absolute Gasteiger partial charge is 0.0284 e. The largest absolute Gasteiger partial charge is 0.657 e. The number of para-hydroxylation sites is 4. The molecular formula is C51H37AuN3-2.